The van der Waals surface area contributed by atoms with E-state index in [9.17, 15) is 4.79 Å². The summed E-state index contributed by atoms with van der Waals surface area (Å²) < 4.78 is 1.34. The number of hydrogen-bond donors (Lipinski definition) is 2. The van der Waals surface area contributed by atoms with E-state index in [2.05, 4.69) is 20.7 Å². The monoisotopic (exact) mass is 281 g/mol. The predicted octanol–water partition coefficient (Wildman–Crippen LogP) is -0.115. The van der Waals surface area contributed by atoms with Crippen LogP contribution in [0, 0.1) is 0 Å². The molecule has 0 unspecified atom stereocenters. The van der Waals surface area contributed by atoms with Crippen LogP contribution in [0.4, 0.5) is 10.8 Å². The molecule has 0 fully saturated rings. The first-order valence-corrected chi connectivity index (χ1v) is 6.53. The molecule has 0 saturated heterocycles. The van der Waals surface area contributed by atoms with Gasteiger partial charge in [-0.3, -0.25) is 10.2 Å². The van der Waals surface area contributed by atoms with Crippen LogP contribution in [0.5, 0.6) is 0 Å². The standard InChI is InChI=1S/C10H15N7OS/c1-3-16(2)7-4-9(18)17(12-5-7)6-8-14-15-10(13-11)19-8/h4-5H,3,6,11H2,1-2H3,(H,13,15). The van der Waals surface area contributed by atoms with Crippen molar-refractivity contribution in [2.45, 2.75) is 13.5 Å². The largest absolute Gasteiger partial charge is 0.373 e. The first-order valence-electron chi connectivity index (χ1n) is 5.71. The number of aromatic nitrogens is 4. The molecule has 0 amide bonds. The van der Waals surface area contributed by atoms with Gasteiger partial charge in [-0.25, -0.2) is 10.5 Å². The zero-order valence-electron chi connectivity index (χ0n) is 10.7. The number of hydrazine groups is 1. The van der Waals surface area contributed by atoms with Crippen LogP contribution in [0.3, 0.4) is 0 Å². The van der Waals surface area contributed by atoms with Crippen molar-refractivity contribution in [1.29, 1.82) is 0 Å². The first-order chi connectivity index (χ1) is 9.13. The highest BCUT2D eigenvalue weighted by Gasteiger charge is 2.07. The Hall–Kier alpha value is -2.00. The second-order valence-corrected chi connectivity index (χ2v) is 4.93. The van der Waals surface area contributed by atoms with Gasteiger partial charge in [0.2, 0.25) is 5.13 Å². The van der Waals surface area contributed by atoms with Gasteiger partial charge in [-0.1, -0.05) is 11.3 Å². The Morgan fingerprint density at radius 1 is 1.53 bits per heavy atom. The summed E-state index contributed by atoms with van der Waals surface area (Å²) in [5.74, 6) is 5.22. The zero-order chi connectivity index (χ0) is 13.8. The minimum atomic E-state index is -0.171. The van der Waals surface area contributed by atoms with Gasteiger partial charge in [-0.05, 0) is 6.92 Å². The summed E-state index contributed by atoms with van der Waals surface area (Å²) in [5, 5.41) is 13.0. The summed E-state index contributed by atoms with van der Waals surface area (Å²) in [5.41, 5.74) is 3.04. The number of nitrogens with two attached hydrogens (primary N) is 1. The minimum absolute atomic E-state index is 0.171. The number of nitrogen functional groups attached to an aromatic ring is 1. The average molecular weight is 281 g/mol. The maximum atomic E-state index is 11.9. The zero-order valence-corrected chi connectivity index (χ0v) is 11.5. The molecule has 2 rings (SSSR count). The van der Waals surface area contributed by atoms with Gasteiger partial charge in [-0.2, -0.15) is 5.10 Å². The van der Waals surface area contributed by atoms with Gasteiger partial charge in [0.25, 0.3) is 5.56 Å². The fourth-order valence-corrected chi connectivity index (χ4v) is 2.07. The summed E-state index contributed by atoms with van der Waals surface area (Å²) in [4.78, 5) is 13.9. The first kappa shape index (κ1) is 13.4. The third-order valence-electron chi connectivity index (χ3n) is 2.65. The molecular formula is C10H15N7OS. The summed E-state index contributed by atoms with van der Waals surface area (Å²) in [6, 6.07) is 1.56. The second-order valence-electron chi connectivity index (χ2n) is 3.87. The van der Waals surface area contributed by atoms with Crippen LogP contribution in [0.1, 0.15) is 11.9 Å². The summed E-state index contributed by atoms with van der Waals surface area (Å²) in [6.07, 6.45) is 1.66. The van der Waals surface area contributed by atoms with Crippen LogP contribution in [-0.4, -0.2) is 33.6 Å². The lowest BCUT2D eigenvalue weighted by Crippen LogP contribution is -2.25. The molecule has 19 heavy (non-hydrogen) atoms. The van der Waals surface area contributed by atoms with Crippen LogP contribution in [0.25, 0.3) is 0 Å². The number of nitrogens with zero attached hydrogens (tertiary/aromatic N) is 5. The van der Waals surface area contributed by atoms with Crippen LogP contribution in [-0.2, 0) is 6.54 Å². The van der Waals surface area contributed by atoms with E-state index in [1.54, 1.807) is 12.3 Å². The molecule has 0 aliphatic carbocycles. The Morgan fingerprint density at radius 3 is 2.89 bits per heavy atom. The molecule has 0 radical (unpaired) electrons. The number of rotatable bonds is 5. The van der Waals surface area contributed by atoms with E-state index < -0.39 is 0 Å². The molecule has 2 heterocycles. The molecule has 0 aliphatic rings. The van der Waals surface area contributed by atoms with Gasteiger partial charge in [0.1, 0.15) is 5.01 Å². The lowest BCUT2D eigenvalue weighted by molar-refractivity contribution is 0.631. The van der Waals surface area contributed by atoms with Crippen LogP contribution in [0.2, 0.25) is 0 Å². The van der Waals surface area contributed by atoms with Crippen molar-refractivity contribution in [1.82, 2.24) is 20.0 Å². The van der Waals surface area contributed by atoms with E-state index in [0.717, 1.165) is 12.2 Å². The quantitative estimate of drug-likeness (QED) is 0.582. The molecule has 0 bridgehead atoms. The lowest BCUT2D eigenvalue weighted by Gasteiger charge is -2.15. The highest BCUT2D eigenvalue weighted by molar-refractivity contribution is 7.15. The number of hydrogen-bond acceptors (Lipinski definition) is 8. The molecule has 0 aliphatic heterocycles. The average Bonchev–Trinajstić information content (AvgIpc) is 2.88. The fourth-order valence-electron chi connectivity index (χ4n) is 1.44. The summed E-state index contributed by atoms with van der Waals surface area (Å²) in [7, 11) is 1.91. The molecule has 8 nitrogen and oxygen atoms in total. The number of anilines is 2. The van der Waals surface area contributed by atoms with E-state index in [0.29, 0.717) is 10.1 Å². The Labute approximate surface area is 113 Å². The van der Waals surface area contributed by atoms with Gasteiger partial charge < -0.3 is 4.90 Å². The van der Waals surface area contributed by atoms with E-state index in [1.165, 1.54) is 16.0 Å². The van der Waals surface area contributed by atoms with Crippen molar-refractivity contribution in [2.24, 2.45) is 5.84 Å². The molecule has 102 valence electrons. The van der Waals surface area contributed by atoms with E-state index in [1.807, 2.05) is 18.9 Å². The lowest BCUT2D eigenvalue weighted by atomic mass is 10.4. The number of nitrogens with one attached hydrogen (secondary N) is 1. The van der Waals surface area contributed by atoms with Crippen molar-refractivity contribution < 1.29 is 0 Å². The Kier molecular flexibility index (Phi) is 4.07. The van der Waals surface area contributed by atoms with Crippen molar-refractivity contribution in [2.75, 3.05) is 23.9 Å². The van der Waals surface area contributed by atoms with Crippen molar-refractivity contribution >= 4 is 22.2 Å². The Balaban J connectivity index is 2.19. The summed E-state index contributed by atoms with van der Waals surface area (Å²) >= 11 is 1.28. The van der Waals surface area contributed by atoms with E-state index in [4.69, 9.17) is 5.84 Å². The van der Waals surface area contributed by atoms with Crippen LogP contribution in [0.15, 0.2) is 17.1 Å². The van der Waals surface area contributed by atoms with E-state index in [-0.39, 0.29) is 12.1 Å². The van der Waals surface area contributed by atoms with E-state index >= 15 is 0 Å². The third-order valence-corrected chi connectivity index (χ3v) is 3.48. The van der Waals surface area contributed by atoms with Crippen molar-refractivity contribution in [3.05, 3.63) is 27.6 Å². The molecule has 0 atom stereocenters. The van der Waals surface area contributed by atoms with Gasteiger partial charge >= 0.3 is 0 Å². The molecule has 3 N–H and O–H groups in total. The van der Waals surface area contributed by atoms with Gasteiger partial charge in [0, 0.05) is 19.7 Å². The molecule has 0 saturated carbocycles. The van der Waals surface area contributed by atoms with Crippen molar-refractivity contribution in [3.8, 4) is 0 Å². The van der Waals surface area contributed by atoms with Gasteiger partial charge in [-0.15, -0.1) is 10.2 Å². The maximum absolute atomic E-state index is 11.9. The summed E-state index contributed by atoms with van der Waals surface area (Å²) in [6.45, 7) is 3.11. The second kappa shape index (κ2) is 5.76. The Bertz CT molecular complexity index is 608. The SMILES string of the molecule is CCN(C)c1cnn(Cc2nnc(NN)s2)c(=O)c1. The minimum Gasteiger partial charge on any atom is -0.373 e. The van der Waals surface area contributed by atoms with Crippen LogP contribution < -0.4 is 21.7 Å². The molecule has 0 spiro atoms. The highest BCUT2D eigenvalue weighted by atomic mass is 32.1. The molecule has 9 heteroatoms. The molecule has 2 aromatic heterocycles. The van der Waals surface area contributed by atoms with Gasteiger partial charge in [0.05, 0.1) is 18.4 Å². The molecular weight excluding hydrogens is 266 g/mol. The molecule has 0 aromatic carbocycles. The molecule has 2 aromatic rings. The van der Waals surface area contributed by atoms with Crippen LogP contribution >= 0.6 is 11.3 Å². The fraction of sp³-hybridized carbons (Fsp3) is 0.400. The normalized spacial score (nSPS) is 10.5. The Morgan fingerprint density at radius 2 is 2.32 bits per heavy atom. The topological polar surface area (TPSA) is 102 Å². The third kappa shape index (κ3) is 3.06. The van der Waals surface area contributed by atoms with Gasteiger partial charge in [0.15, 0.2) is 0 Å². The maximum Gasteiger partial charge on any atom is 0.269 e. The smallest absolute Gasteiger partial charge is 0.269 e. The highest BCUT2D eigenvalue weighted by Crippen LogP contribution is 2.14. The van der Waals surface area contributed by atoms with Crippen molar-refractivity contribution in [3.63, 3.8) is 0 Å². The predicted molar refractivity (Wildman–Crippen MR) is 74.3 cm³/mol.